The lowest BCUT2D eigenvalue weighted by atomic mass is 10.1. The third kappa shape index (κ3) is 6.42. The summed E-state index contributed by atoms with van der Waals surface area (Å²) in [5, 5.41) is 2.36. The Bertz CT molecular complexity index is 915. The Morgan fingerprint density at radius 1 is 1.16 bits per heavy atom. The number of likely N-dealkylation sites (tertiary alicyclic amines) is 1. The van der Waals surface area contributed by atoms with Crippen LogP contribution < -0.4 is 5.32 Å². The van der Waals surface area contributed by atoms with Gasteiger partial charge in [-0.3, -0.25) is 14.4 Å². The first kappa shape index (κ1) is 24.1. The molecule has 1 heterocycles. The third-order valence-electron chi connectivity index (χ3n) is 4.49. The summed E-state index contributed by atoms with van der Waals surface area (Å²) < 4.78 is 9.70. The van der Waals surface area contributed by atoms with E-state index in [1.165, 1.54) is 50.1 Å². The summed E-state index contributed by atoms with van der Waals surface area (Å²) in [6.45, 7) is 6.51. The molecule has 0 aromatic heterocycles. The van der Waals surface area contributed by atoms with Gasteiger partial charge in [0.05, 0.1) is 18.2 Å². The molecule has 9 nitrogen and oxygen atoms in total. The van der Waals surface area contributed by atoms with E-state index in [4.69, 9.17) is 9.47 Å². The molecule has 1 aliphatic rings. The highest BCUT2D eigenvalue weighted by molar-refractivity contribution is 8.14. The SMILES string of the molecule is C=CCOC(=O)c1cc(NC(=O)[C@@H]2C[C@H](SC(C)=O)CN2C(C)=O)cc(C(=O)OC)c1. The van der Waals surface area contributed by atoms with Crippen molar-refractivity contribution in [2.45, 2.75) is 31.6 Å². The molecule has 1 aromatic carbocycles. The molecule has 166 valence electrons. The average molecular weight is 448 g/mol. The summed E-state index contributed by atoms with van der Waals surface area (Å²) in [7, 11) is 1.19. The first-order valence-corrected chi connectivity index (χ1v) is 10.3. The van der Waals surface area contributed by atoms with Gasteiger partial charge >= 0.3 is 11.9 Å². The Hall–Kier alpha value is -3.14. The predicted molar refractivity (Wildman–Crippen MR) is 115 cm³/mol. The topological polar surface area (TPSA) is 119 Å². The van der Waals surface area contributed by atoms with Crippen molar-refractivity contribution in [3.8, 4) is 0 Å². The first-order valence-electron chi connectivity index (χ1n) is 9.43. The van der Waals surface area contributed by atoms with Crippen molar-refractivity contribution in [3.05, 3.63) is 42.0 Å². The van der Waals surface area contributed by atoms with Crippen LogP contribution in [0.1, 0.15) is 41.0 Å². The largest absolute Gasteiger partial charge is 0.465 e. The zero-order valence-corrected chi connectivity index (χ0v) is 18.3. The quantitative estimate of drug-likeness (QED) is 0.497. The lowest BCUT2D eigenvalue weighted by Crippen LogP contribution is -2.42. The number of hydrogen-bond acceptors (Lipinski definition) is 8. The van der Waals surface area contributed by atoms with Gasteiger partial charge in [0.25, 0.3) is 0 Å². The van der Waals surface area contributed by atoms with Crippen LogP contribution in [0.5, 0.6) is 0 Å². The summed E-state index contributed by atoms with van der Waals surface area (Å²) in [5.41, 5.74) is 0.259. The Morgan fingerprint density at radius 2 is 1.81 bits per heavy atom. The van der Waals surface area contributed by atoms with E-state index in [2.05, 4.69) is 11.9 Å². The fraction of sp³-hybridized carbons (Fsp3) is 0.381. The number of hydrogen-bond donors (Lipinski definition) is 1. The number of nitrogens with zero attached hydrogens (tertiary/aromatic N) is 1. The summed E-state index contributed by atoms with van der Waals surface area (Å²) in [6, 6.07) is 3.24. The van der Waals surface area contributed by atoms with Gasteiger partial charge in [-0.25, -0.2) is 9.59 Å². The lowest BCUT2D eigenvalue weighted by molar-refractivity contribution is -0.134. The van der Waals surface area contributed by atoms with Crippen LogP contribution >= 0.6 is 11.8 Å². The maximum atomic E-state index is 12.9. The second kappa shape index (κ2) is 10.8. The number of amides is 2. The maximum absolute atomic E-state index is 12.9. The number of esters is 2. The zero-order valence-electron chi connectivity index (χ0n) is 17.5. The molecule has 2 atom stereocenters. The molecule has 31 heavy (non-hydrogen) atoms. The Morgan fingerprint density at radius 3 is 2.35 bits per heavy atom. The number of benzene rings is 1. The van der Waals surface area contributed by atoms with Gasteiger partial charge in [-0.2, -0.15) is 0 Å². The van der Waals surface area contributed by atoms with Crippen LogP contribution in [-0.4, -0.2) is 65.3 Å². The standard InChI is InChI=1S/C21H24N2O7S/c1-5-6-30-21(28)15-7-14(20(27)29-4)8-16(9-15)22-19(26)18-10-17(31-13(3)25)11-23(18)12(2)24/h5,7-9,17-18H,1,6,10-11H2,2-4H3,(H,22,26)/t17-,18-/m0/s1. The molecule has 0 unspecified atom stereocenters. The first-order chi connectivity index (χ1) is 14.7. The highest BCUT2D eigenvalue weighted by Gasteiger charge is 2.39. The summed E-state index contributed by atoms with van der Waals surface area (Å²) in [4.78, 5) is 61.9. The van der Waals surface area contributed by atoms with Gasteiger partial charge in [-0.05, 0) is 24.6 Å². The van der Waals surface area contributed by atoms with Crippen molar-refractivity contribution in [3.63, 3.8) is 0 Å². The van der Waals surface area contributed by atoms with E-state index in [0.29, 0.717) is 6.42 Å². The fourth-order valence-corrected chi connectivity index (χ4v) is 4.19. The zero-order chi connectivity index (χ0) is 23.1. The lowest BCUT2D eigenvalue weighted by Gasteiger charge is -2.22. The van der Waals surface area contributed by atoms with Crippen molar-refractivity contribution in [2.24, 2.45) is 0 Å². The molecule has 0 radical (unpaired) electrons. The second-order valence-electron chi connectivity index (χ2n) is 6.82. The van der Waals surface area contributed by atoms with Crippen LogP contribution in [0.3, 0.4) is 0 Å². The van der Waals surface area contributed by atoms with Crippen LogP contribution in [0.2, 0.25) is 0 Å². The Balaban J connectivity index is 2.28. The highest BCUT2D eigenvalue weighted by Crippen LogP contribution is 2.29. The molecule has 1 fully saturated rings. The molecule has 0 bridgehead atoms. The smallest absolute Gasteiger partial charge is 0.338 e. The molecular weight excluding hydrogens is 424 g/mol. The Labute approximate surface area is 184 Å². The molecule has 2 amide bonds. The van der Waals surface area contributed by atoms with Gasteiger partial charge in [0.15, 0.2) is 5.12 Å². The molecule has 0 aliphatic carbocycles. The van der Waals surface area contributed by atoms with Crippen molar-refractivity contribution in [2.75, 3.05) is 25.6 Å². The van der Waals surface area contributed by atoms with Crippen LogP contribution in [-0.2, 0) is 23.9 Å². The minimum absolute atomic E-state index is 0.0200. The maximum Gasteiger partial charge on any atom is 0.338 e. The fourth-order valence-electron chi connectivity index (χ4n) is 3.21. The van der Waals surface area contributed by atoms with Gasteiger partial charge in [-0.15, -0.1) is 0 Å². The molecule has 1 aliphatic heterocycles. The van der Waals surface area contributed by atoms with E-state index < -0.39 is 23.9 Å². The van der Waals surface area contributed by atoms with Crippen LogP contribution in [0, 0.1) is 0 Å². The van der Waals surface area contributed by atoms with E-state index in [1.807, 2.05) is 0 Å². The third-order valence-corrected chi connectivity index (χ3v) is 5.50. The number of anilines is 1. The van der Waals surface area contributed by atoms with Gasteiger partial charge in [0.1, 0.15) is 12.6 Å². The molecule has 0 spiro atoms. The summed E-state index contributed by atoms with van der Waals surface area (Å²) >= 11 is 1.09. The number of ether oxygens (including phenoxy) is 2. The minimum atomic E-state index is -0.785. The van der Waals surface area contributed by atoms with E-state index in [0.717, 1.165) is 11.8 Å². The normalized spacial score (nSPS) is 17.6. The van der Waals surface area contributed by atoms with Gasteiger partial charge in [0.2, 0.25) is 11.8 Å². The molecular formula is C21H24N2O7S. The van der Waals surface area contributed by atoms with E-state index in [9.17, 15) is 24.0 Å². The van der Waals surface area contributed by atoms with Crippen molar-refractivity contribution in [1.29, 1.82) is 0 Å². The second-order valence-corrected chi connectivity index (χ2v) is 8.30. The number of carbonyl (C=O) groups excluding carboxylic acids is 5. The average Bonchev–Trinajstić information content (AvgIpc) is 3.14. The Kier molecular flexibility index (Phi) is 8.38. The number of nitrogens with one attached hydrogen (secondary N) is 1. The molecule has 1 N–H and O–H groups in total. The number of thioether (sulfide) groups is 1. The number of carbonyl (C=O) groups is 5. The molecule has 0 saturated carbocycles. The molecule has 1 saturated heterocycles. The van der Waals surface area contributed by atoms with Gasteiger partial charge in [0, 0.05) is 31.3 Å². The van der Waals surface area contributed by atoms with E-state index in [1.54, 1.807) is 0 Å². The van der Waals surface area contributed by atoms with Crippen LogP contribution in [0.25, 0.3) is 0 Å². The van der Waals surface area contributed by atoms with Crippen LogP contribution in [0.4, 0.5) is 5.69 Å². The van der Waals surface area contributed by atoms with Gasteiger partial charge < -0.3 is 19.7 Å². The number of methoxy groups -OCH3 is 1. The minimum Gasteiger partial charge on any atom is -0.465 e. The monoisotopic (exact) mass is 448 g/mol. The predicted octanol–water partition coefficient (Wildman–Crippen LogP) is 2.02. The number of rotatable bonds is 7. The van der Waals surface area contributed by atoms with Crippen molar-refractivity contribution < 1.29 is 33.4 Å². The van der Waals surface area contributed by atoms with Crippen molar-refractivity contribution >= 4 is 46.3 Å². The molecule has 1 aromatic rings. The molecule has 2 rings (SSSR count). The van der Waals surface area contributed by atoms with Gasteiger partial charge in [-0.1, -0.05) is 24.4 Å². The van der Waals surface area contributed by atoms with Crippen LogP contribution in [0.15, 0.2) is 30.9 Å². The van der Waals surface area contributed by atoms with E-state index in [-0.39, 0.29) is 46.2 Å². The summed E-state index contributed by atoms with van der Waals surface area (Å²) in [5.74, 6) is -2.18. The van der Waals surface area contributed by atoms with Crippen molar-refractivity contribution in [1.82, 2.24) is 4.90 Å². The highest BCUT2D eigenvalue weighted by atomic mass is 32.2. The summed E-state index contributed by atoms with van der Waals surface area (Å²) in [6.07, 6.45) is 1.71. The van der Waals surface area contributed by atoms with E-state index >= 15 is 0 Å². The molecule has 10 heteroatoms.